The molecule has 3 aromatic rings. The summed E-state index contributed by atoms with van der Waals surface area (Å²) in [6, 6.07) is 19.8. The zero-order valence-electron chi connectivity index (χ0n) is 10.1. The maximum atomic E-state index is 4.46. The first-order valence-electron chi connectivity index (χ1n) is 5.67. The molecule has 1 heterocycles. The second kappa shape index (κ2) is 5.45. The van der Waals surface area contributed by atoms with E-state index in [1.165, 1.54) is 10.9 Å². The van der Waals surface area contributed by atoms with Crippen molar-refractivity contribution in [3.63, 3.8) is 0 Å². The summed E-state index contributed by atoms with van der Waals surface area (Å²) >= 11 is 0. The van der Waals surface area contributed by atoms with Crippen LogP contribution in [0, 0.1) is 13.0 Å². The van der Waals surface area contributed by atoms with Gasteiger partial charge in [0.1, 0.15) is 0 Å². The minimum atomic E-state index is 0. The van der Waals surface area contributed by atoms with E-state index in [4.69, 9.17) is 0 Å². The van der Waals surface area contributed by atoms with Gasteiger partial charge in [-0.05, 0) is 11.5 Å². The van der Waals surface area contributed by atoms with Crippen molar-refractivity contribution in [3.05, 3.63) is 66.4 Å². The van der Waals surface area contributed by atoms with Crippen molar-refractivity contribution >= 4 is 10.9 Å². The molecule has 2 heteroatoms. The first-order chi connectivity index (χ1) is 8.34. The third-order valence-electron chi connectivity index (χ3n) is 2.89. The smallest absolute Gasteiger partial charge is 0.0366 e. The van der Waals surface area contributed by atoms with Gasteiger partial charge in [-0.3, -0.25) is 4.98 Å². The van der Waals surface area contributed by atoms with E-state index in [1.807, 2.05) is 18.3 Å². The van der Waals surface area contributed by atoms with Crippen molar-refractivity contribution in [1.29, 1.82) is 0 Å². The minimum Gasteiger partial charge on any atom is -0.266 e. The second-order valence-corrected chi connectivity index (χ2v) is 4.16. The average Bonchev–Trinajstić information content (AvgIpc) is 2.39. The number of pyridine rings is 1. The fourth-order valence-electron chi connectivity index (χ4n) is 1.99. The predicted molar refractivity (Wildman–Crippen MR) is 70.8 cm³/mol. The van der Waals surface area contributed by atoms with Gasteiger partial charge >= 0.3 is 0 Å². The number of aromatic nitrogens is 1. The van der Waals surface area contributed by atoms with Crippen molar-refractivity contribution in [2.45, 2.75) is 6.92 Å². The Hall–Kier alpha value is -1.46. The molecule has 0 unspecified atom stereocenters. The Morgan fingerprint density at radius 1 is 1.00 bits per heavy atom. The van der Waals surface area contributed by atoms with E-state index in [-0.39, 0.29) is 21.1 Å². The maximum absolute atomic E-state index is 4.46. The van der Waals surface area contributed by atoms with E-state index in [0.717, 1.165) is 16.6 Å². The molecule has 0 saturated carbocycles. The molecule has 0 atom stereocenters. The van der Waals surface area contributed by atoms with Crippen LogP contribution in [0.2, 0.25) is 0 Å². The summed E-state index contributed by atoms with van der Waals surface area (Å²) in [7, 11) is 0. The van der Waals surface area contributed by atoms with Crippen molar-refractivity contribution < 1.29 is 21.1 Å². The van der Waals surface area contributed by atoms with Gasteiger partial charge in [0.25, 0.3) is 0 Å². The Labute approximate surface area is 121 Å². The van der Waals surface area contributed by atoms with E-state index in [9.17, 15) is 0 Å². The number of benzene rings is 2. The SMILES string of the molecule is Cc1c[c-]c(-c2cccc3cccnc23)cc1.[W]. The molecule has 2 aromatic carbocycles. The molecule has 0 N–H and O–H groups in total. The molecular weight excluding hydrogens is 390 g/mol. The summed E-state index contributed by atoms with van der Waals surface area (Å²) in [5.41, 5.74) is 4.50. The number of hydrogen-bond acceptors (Lipinski definition) is 1. The predicted octanol–water partition coefficient (Wildman–Crippen LogP) is 4.01. The van der Waals surface area contributed by atoms with Crippen molar-refractivity contribution in [2.24, 2.45) is 0 Å². The topological polar surface area (TPSA) is 12.9 Å². The van der Waals surface area contributed by atoms with Gasteiger partial charge in [0.05, 0.1) is 0 Å². The molecule has 0 fully saturated rings. The molecule has 0 aliphatic carbocycles. The molecule has 0 amide bonds. The van der Waals surface area contributed by atoms with Gasteiger partial charge in [-0.1, -0.05) is 36.8 Å². The molecule has 0 bridgehead atoms. The van der Waals surface area contributed by atoms with E-state index in [0.29, 0.717) is 0 Å². The number of aryl methyl sites for hydroxylation is 1. The normalized spacial score (nSPS) is 10.1. The summed E-state index contributed by atoms with van der Waals surface area (Å²) in [6.45, 7) is 2.07. The van der Waals surface area contributed by atoms with Crippen LogP contribution in [0.5, 0.6) is 0 Å². The van der Waals surface area contributed by atoms with Crippen LogP contribution in [0.1, 0.15) is 5.56 Å². The number of para-hydroxylation sites is 1. The summed E-state index contributed by atoms with van der Waals surface area (Å²) in [5, 5.41) is 1.17. The molecule has 88 valence electrons. The van der Waals surface area contributed by atoms with Crippen LogP contribution in [0.15, 0.2) is 54.7 Å². The summed E-state index contributed by atoms with van der Waals surface area (Å²) in [4.78, 5) is 4.46. The van der Waals surface area contributed by atoms with Gasteiger partial charge in [-0.25, -0.2) is 0 Å². The van der Waals surface area contributed by atoms with Crippen LogP contribution in [-0.4, -0.2) is 4.98 Å². The number of nitrogens with zero attached hydrogens (tertiary/aromatic N) is 1. The quantitative estimate of drug-likeness (QED) is 0.561. The van der Waals surface area contributed by atoms with Gasteiger partial charge < -0.3 is 0 Å². The molecule has 0 saturated heterocycles. The van der Waals surface area contributed by atoms with Crippen molar-refractivity contribution in [3.8, 4) is 11.1 Å². The van der Waals surface area contributed by atoms with Gasteiger partial charge in [-0.2, -0.15) is 0 Å². The van der Waals surface area contributed by atoms with Gasteiger partial charge in [0.15, 0.2) is 0 Å². The molecule has 18 heavy (non-hydrogen) atoms. The molecular formula is C16H12NW-. The van der Waals surface area contributed by atoms with Gasteiger partial charge in [-0.15, -0.1) is 35.4 Å². The average molecular weight is 402 g/mol. The zero-order valence-corrected chi connectivity index (χ0v) is 13.0. The standard InChI is InChI=1S/C16H12N.W/c1-12-7-9-13(10-8-12)15-6-2-4-14-5-3-11-17-16(14)15;/h2-9,11H,1H3;/q-1;. The van der Waals surface area contributed by atoms with Crippen LogP contribution < -0.4 is 0 Å². The first-order valence-corrected chi connectivity index (χ1v) is 5.67. The molecule has 0 aliphatic rings. The van der Waals surface area contributed by atoms with Crippen molar-refractivity contribution in [1.82, 2.24) is 4.98 Å². The number of hydrogen-bond donors (Lipinski definition) is 0. The van der Waals surface area contributed by atoms with Crippen LogP contribution in [0.4, 0.5) is 0 Å². The Morgan fingerprint density at radius 2 is 1.83 bits per heavy atom. The van der Waals surface area contributed by atoms with E-state index < -0.39 is 0 Å². The number of rotatable bonds is 1. The molecule has 1 aromatic heterocycles. The number of fused-ring (bicyclic) bond motifs is 1. The third kappa shape index (κ3) is 2.37. The largest absolute Gasteiger partial charge is 0.266 e. The monoisotopic (exact) mass is 402 g/mol. The fourth-order valence-corrected chi connectivity index (χ4v) is 1.99. The van der Waals surface area contributed by atoms with Crippen molar-refractivity contribution in [2.75, 3.05) is 0 Å². The fraction of sp³-hybridized carbons (Fsp3) is 0.0625. The van der Waals surface area contributed by atoms with Gasteiger partial charge in [0.2, 0.25) is 0 Å². The molecule has 1 nitrogen and oxygen atoms in total. The molecule has 0 aliphatic heterocycles. The van der Waals surface area contributed by atoms with E-state index >= 15 is 0 Å². The maximum Gasteiger partial charge on any atom is 0.0366 e. The van der Waals surface area contributed by atoms with Crippen LogP contribution >= 0.6 is 0 Å². The second-order valence-electron chi connectivity index (χ2n) is 4.16. The Kier molecular flexibility index (Phi) is 3.93. The van der Waals surface area contributed by atoms with Gasteiger partial charge in [0, 0.05) is 32.8 Å². The summed E-state index contributed by atoms with van der Waals surface area (Å²) in [5.74, 6) is 0. The van der Waals surface area contributed by atoms with Crippen LogP contribution in [0.25, 0.3) is 22.0 Å². The Balaban J connectivity index is 0.00000120. The Morgan fingerprint density at radius 3 is 2.61 bits per heavy atom. The summed E-state index contributed by atoms with van der Waals surface area (Å²) in [6.07, 6.45) is 1.83. The minimum absolute atomic E-state index is 0. The zero-order chi connectivity index (χ0) is 11.7. The Bertz CT molecular complexity index is 654. The molecule has 3 rings (SSSR count). The molecule has 0 spiro atoms. The van der Waals surface area contributed by atoms with E-state index in [2.05, 4.69) is 54.4 Å². The van der Waals surface area contributed by atoms with Crippen LogP contribution in [0.3, 0.4) is 0 Å². The van der Waals surface area contributed by atoms with E-state index in [1.54, 1.807) is 0 Å². The molecule has 0 radical (unpaired) electrons. The summed E-state index contributed by atoms with van der Waals surface area (Å²) < 4.78 is 0. The van der Waals surface area contributed by atoms with Crippen LogP contribution in [-0.2, 0) is 21.1 Å². The third-order valence-corrected chi connectivity index (χ3v) is 2.89. The first kappa shape index (κ1) is 13.0.